The van der Waals surface area contributed by atoms with Crippen LogP contribution in [0.4, 0.5) is 0 Å². The number of aromatic nitrogens is 3. The number of hydrogen-bond donors (Lipinski definition) is 2. The highest BCUT2D eigenvalue weighted by atomic mass is 32.2. The van der Waals surface area contributed by atoms with Gasteiger partial charge in [-0.05, 0) is 19.1 Å². The van der Waals surface area contributed by atoms with Crippen molar-refractivity contribution >= 4 is 17.7 Å². The van der Waals surface area contributed by atoms with E-state index in [9.17, 15) is 4.79 Å². The monoisotopic (exact) mass is 279 g/mol. The van der Waals surface area contributed by atoms with Crippen molar-refractivity contribution in [1.29, 1.82) is 0 Å². The maximum absolute atomic E-state index is 10.5. The Hall–Kier alpha value is -2.02. The highest BCUT2D eigenvalue weighted by Crippen LogP contribution is 2.29. The highest BCUT2D eigenvalue weighted by molar-refractivity contribution is 7.99. The molecule has 1 aromatic heterocycles. The zero-order valence-corrected chi connectivity index (χ0v) is 11.3. The lowest BCUT2D eigenvalue weighted by Crippen LogP contribution is -1.97. The number of carboxylic acid groups (broad SMARTS) is 1. The normalized spacial score (nSPS) is 10.4. The van der Waals surface area contributed by atoms with Gasteiger partial charge in [0.2, 0.25) is 0 Å². The molecule has 6 nitrogen and oxygen atoms in total. The predicted octanol–water partition coefficient (Wildman–Crippen LogP) is 1.97. The highest BCUT2D eigenvalue weighted by Gasteiger charge is 2.12. The van der Waals surface area contributed by atoms with Crippen LogP contribution >= 0.6 is 11.8 Å². The Morgan fingerprint density at radius 2 is 2.26 bits per heavy atom. The van der Waals surface area contributed by atoms with E-state index >= 15 is 0 Å². The summed E-state index contributed by atoms with van der Waals surface area (Å²) in [6.07, 6.45) is 0. The molecule has 0 aliphatic carbocycles. The van der Waals surface area contributed by atoms with Crippen molar-refractivity contribution < 1.29 is 14.6 Å². The van der Waals surface area contributed by atoms with E-state index in [0.717, 1.165) is 22.9 Å². The third-order valence-electron chi connectivity index (χ3n) is 2.41. The standard InChI is InChI=1S/C12H13N3O3S/c1-7-3-4-9(18-2)8(5-7)11-13-12(15-14-11)19-6-10(16)17/h3-5H,6H2,1-2H3,(H,16,17)(H,13,14,15). The second-order valence-corrected chi connectivity index (χ2v) is 4.83. The van der Waals surface area contributed by atoms with Crippen LogP contribution in [0.15, 0.2) is 23.4 Å². The van der Waals surface area contributed by atoms with Crippen LogP contribution in [0.2, 0.25) is 0 Å². The summed E-state index contributed by atoms with van der Waals surface area (Å²) in [6.45, 7) is 1.97. The second-order valence-electron chi connectivity index (χ2n) is 3.86. The second kappa shape index (κ2) is 5.75. The molecule has 0 aliphatic heterocycles. The average Bonchev–Trinajstić information content (AvgIpc) is 2.85. The van der Waals surface area contributed by atoms with Crippen LogP contribution in [-0.2, 0) is 4.79 Å². The lowest BCUT2D eigenvalue weighted by Gasteiger charge is -2.06. The summed E-state index contributed by atoms with van der Waals surface area (Å²) < 4.78 is 5.27. The average molecular weight is 279 g/mol. The Balaban J connectivity index is 2.27. The number of benzene rings is 1. The number of H-pyrrole nitrogens is 1. The lowest BCUT2D eigenvalue weighted by molar-refractivity contribution is -0.133. The number of nitrogens with one attached hydrogen (secondary N) is 1. The fraction of sp³-hybridized carbons (Fsp3) is 0.250. The van der Waals surface area contributed by atoms with Crippen molar-refractivity contribution in [2.75, 3.05) is 12.9 Å². The predicted molar refractivity (Wildman–Crippen MR) is 71.5 cm³/mol. The van der Waals surface area contributed by atoms with Gasteiger partial charge < -0.3 is 14.8 Å². The molecule has 7 heteroatoms. The molecule has 2 aromatic rings. The van der Waals surface area contributed by atoms with Gasteiger partial charge in [0, 0.05) is 0 Å². The molecule has 2 N–H and O–H groups in total. The van der Waals surface area contributed by atoms with Crippen molar-refractivity contribution in [3.63, 3.8) is 0 Å². The summed E-state index contributed by atoms with van der Waals surface area (Å²) in [5, 5.41) is 17.0. The summed E-state index contributed by atoms with van der Waals surface area (Å²) in [5.74, 6) is 0.306. The van der Waals surface area contributed by atoms with Crippen LogP contribution in [0.5, 0.6) is 5.75 Å². The van der Waals surface area contributed by atoms with Gasteiger partial charge in [0.05, 0.1) is 18.4 Å². The molecule has 0 fully saturated rings. The molecule has 0 amide bonds. The Bertz CT molecular complexity index is 598. The molecule has 0 unspecified atom stereocenters. The number of hydrogen-bond acceptors (Lipinski definition) is 5. The number of rotatable bonds is 5. The van der Waals surface area contributed by atoms with Crippen molar-refractivity contribution in [2.45, 2.75) is 12.1 Å². The largest absolute Gasteiger partial charge is 0.496 e. The Labute approximate surface area is 114 Å². The fourth-order valence-electron chi connectivity index (χ4n) is 1.57. The van der Waals surface area contributed by atoms with Crippen molar-refractivity contribution in [1.82, 2.24) is 15.2 Å². The first-order valence-electron chi connectivity index (χ1n) is 5.52. The van der Waals surface area contributed by atoms with E-state index in [1.165, 1.54) is 0 Å². The van der Waals surface area contributed by atoms with Gasteiger partial charge in [-0.2, -0.15) is 0 Å². The molecule has 0 bridgehead atoms. The number of thioether (sulfide) groups is 1. The minimum absolute atomic E-state index is 0.0560. The minimum atomic E-state index is -0.893. The molecule has 1 heterocycles. The lowest BCUT2D eigenvalue weighted by atomic mass is 10.1. The summed E-state index contributed by atoms with van der Waals surface area (Å²) in [5.41, 5.74) is 1.88. The van der Waals surface area contributed by atoms with Crippen LogP contribution in [0.25, 0.3) is 11.4 Å². The SMILES string of the molecule is COc1ccc(C)cc1-c1nnc(SCC(=O)O)[nH]1. The summed E-state index contributed by atoms with van der Waals surface area (Å²) in [4.78, 5) is 13.5. The number of carboxylic acids is 1. The summed E-state index contributed by atoms with van der Waals surface area (Å²) in [6, 6.07) is 5.74. The fourth-order valence-corrected chi connectivity index (χ4v) is 2.10. The third kappa shape index (κ3) is 3.25. The number of carbonyl (C=O) groups is 1. The van der Waals surface area contributed by atoms with Crippen LogP contribution in [-0.4, -0.2) is 39.1 Å². The number of aromatic amines is 1. The van der Waals surface area contributed by atoms with Crippen molar-refractivity contribution in [3.8, 4) is 17.1 Å². The van der Waals surface area contributed by atoms with Gasteiger partial charge in [0.15, 0.2) is 11.0 Å². The summed E-state index contributed by atoms with van der Waals surface area (Å²) >= 11 is 1.09. The van der Waals surface area contributed by atoms with E-state index in [1.54, 1.807) is 7.11 Å². The van der Waals surface area contributed by atoms with Gasteiger partial charge in [0.1, 0.15) is 5.75 Å². The van der Waals surface area contributed by atoms with Crippen molar-refractivity contribution in [3.05, 3.63) is 23.8 Å². The van der Waals surface area contributed by atoms with Crippen molar-refractivity contribution in [2.24, 2.45) is 0 Å². The number of aryl methyl sites for hydroxylation is 1. The maximum Gasteiger partial charge on any atom is 0.313 e. The van der Waals surface area contributed by atoms with E-state index in [2.05, 4.69) is 15.2 Å². The molecule has 19 heavy (non-hydrogen) atoms. The molecular formula is C12H13N3O3S. The number of nitrogens with zero attached hydrogens (tertiary/aromatic N) is 2. The molecular weight excluding hydrogens is 266 g/mol. The van der Waals surface area contributed by atoms with E-state index in [0.29, 0.717) is 16.7 Å². The van der Waals surface area contributed by atoms with Crippen LogP contribution < -0.4 is 4.74 Å². The first-order chi connectivity index (χ1) is 9.10. The number of methoxy groups -OCH3 is 1. The topological polar surface area (TPSA) is 88.1 Å². The zero-order valence-electron chi connectivity index (χ0n) is 10.5. The van der Waals surface area contributed by atoms with Gasteiger partial charge in [-0.15, -0.1) is 10.2 Å². The van der Waals surface area contributed by atoms with E-state index in [4.69, 9.17) is 9.84 Å². The molecule has 2 rings (SSSR count). The quantitative estimate of drug-likeness (QED) is 0.813. The smallest absolute Gasteiger partial charge is 0.313 e. The molecule has 100 valence electrons. The van der Waals surface area contributed by atoms with Crippen LogP contribution in [0, 0.1) is 6.92 Å². The minimum Gasteiger partial charge on any atom is -0.496 e. The van der Waals surface area contributed by atoms with Crippen LogP contribution in [0.3, 0.4) is 0 Å². The van der Waals surface area contributed by atoms with Gasteiger partial charge in [0.25, 0.3) is 0 Å². The molecule has 0 saturated carbocycles. The molecule has 1 aromatic carbocycles. The van der Waals surface area contributed by atoms with E-state index in [1.807, 2.05) is 25.1 Å². The molecule has 0 atom stereocenters. The molecule has 0 spiro atoms. The van der Waals surface area contributed by atoms with E-state index < -0.39 is 5.97 Å². The van der Waals surface area contributed by atoms with Crippen LogP contribution in [0.1, 0.15) is 5.56 Å². The number of ether oxygens (including phenoxy) is 1. The molecule has 0 saturated heterocycles. The van der Waals surface area contributed by atoms with Gasteiger partial charge in [-0.25, -0.2) is 0 Å². The first kappa shape index (κ1) is 13.4. The van der Waals surface area contributed by atoms with Gasteiger partial charge >= 0.3 is 5.97 Å². The molecule has 0 aliphatic rings. The van der Waals surface area contributed by atoms with Gasteiger partial charge in [-0.3, -0.25) is 4.79 Å². The van der Waals surface area contributed by atoms with E-state index in [-0.39, 0.29) is 5.75 Å². The number of aliphatic carboxylic acids is 1. The first-order valence-corrected chi connectivity index (χ1v) is 6.51. The molecule has 0 radical (unpaired) electrons. The zero-order chi connectivity index (χ0) is 13.8. The Morgan fingerprint density at radius 1 is 1.47 bits per heavy atom. The Morgan fingerprint density at radius 3 is 2.95 bits per heavy atom. The Kier molecular flexibility index (Phi) is 4.06. The third-order valence-corrected chi connectivity index (χ3v) is 3.26. The maximum atomic E-state index is 10.5. The summed E-state index contributed by atoms with van der Waals surface area (Å²) in [7, 11) is 1.59. The van der Waals surface area contributed by atoms with Gasteiger partial charge in [-0.1, -0.05) is 23.4 Å².